The van der Waals surface area contributed by atoms with Gasteiger partial charge in [0.05, 0.1) is 18.4 Å². The zero-order valence-corrected chi connectivity index (χ0v) is 16.7. The van der Waals surface area contributed by atoms with Gasteiger partial charge < -0.3 is 4.74 Å². The first-order chi connectivity index (χ1) is 12.9. The van der Waals surface area contributed by atoms with E-state index in [-0.39, 0.29) is 11.4 Å². The largest absolute Gasteiger partial charge is 0.497 e. The number of nitrogens with zero attached hydrogens (tertiary/aromatic N) is 2. The van der Waals surface area contributed by atoms with E-state index in [1.54, 1.807) is 12.1 Å². The molecular formula is C23H28N2O2. The van der Waals surface area contributed by atoms with Gasteiger partial charge in [0.1, 0.15) is 5.75 Å². The van der Waals surface area contributed by atoms with E-state index in [2.05, 4.69) is 32.0 Å². The molecule has 0 N–H and O–H groups in total. The summed E-state index contributed by atoms with van der Waals surface area (Å²) in [6.07, 6.45) is 2.99. The Bertz CT molecular complexity index is 841. The molecule has 0 saturated carbocycles. The summed E-state index contributed by atoms with van der Waals surface area (Å²) < 4.78 is 5.38. The molecule has 3 rings (SSSR count). The Morgan fingerprint density at radius 2 is 1.93 bits per heavy atom. The third-order valence-electron chi connectivity index (χ3n) is 4.95. The Balaban J connectivity index is 1.70. The second kappa shape index (κ2) is 7.95. The molecule has 0 unspecified atom stereocenters. The smallest absolute Gasteiger partial charge is 0.243 e. The first kappa shape index (κ1) is 19.2. The molecule has 0 atom stereocenters. The first-order valence-corrected chi connectivity index (χ1v) is 9.49. The SMILES string of the molecule is COc1cc(C)cc(C2=NN(C(=O)CCCc3ccccc3)C(C)(C)C2)c1. The van der Waals surface area contributed by atoms with Crippen LogP contribution in [-0.4, -0.2) is 29.3 Å². The molecule has 4 nitrogen and oxygen atoms in total. The normalized spacial score (nSPS) is 15.6. The lowest BCUT2D eigenvalue weighted by molar-refractivity contribution is -0.135. The number of hydrogen-bond acceptors (Lipinski definition) is 3. The molecule has 2 aromatic rings. The maximum atomic E-state index is 12.8. The molecule has 0 bridgehead atoms. The fourth-order valence-electron chi connectivity index (χ4n) is 3.56. The van der Waals surface area contributed by atoms with Crippen LogP contribution in [-0.2, 0) is 11.2 Å². The fourth-order valence-corrected chi connectivity index (χ4v) is 3.56. The lowest BCUT2D eigenvalue weighted by atomic mass is 9.94. The van der Waals surface area contributed by atoms with Crippen molar-refractivity contribution in [1.29, 1.82) is 0 Å². The van der Waals surface area contributed by atoms with Crippen LogP contribution in [0.25, 0.3) is 0 Å². The Morgan fingerprint density at radius 3 is 2.63 bits per heavy atom. The molecule has 1 heterocycles. The molecule has 142 valence electrons. The summed E-state index contributed by atoms with van der Waals surface area (Å²) in [4.78, 5) is 12.8. The zero-order valence-electron chi connectivity index (χ0n) is 16.7. The summed E-state index contributed by atoms with van der Waals surface area (Å²) >= 11 is 0. The van der Waals surface area contributed by atoms with Gasteiger partial charge in [-0.15, -0.1) is 0 Å². The summed E-state index contributed by atoms with van der Waals surface area (Å²) in [7, 11) is 1.67. The predicted molar refractivity (Wildman–Crippen MR) is 109 cm³/mol. The Hall–Kier alpha value is -2.62. The molecule has 27 heavy (non-hydrogen) atoms. The van der Waals surface area contributed by atoms with Crippen molar-refractivity contribution in [3.05, 3.63) is 65.2 Å². The van der Waals surface area contributed by atoms with Gasteiger partial charge in [-0.05, 0) is 62.9 Å². The Kier molecular flexibility index (Phi) is 5.64. The van der Waals surface area contributed by atoms with Crippen molar-refractivity contribution < 1.29 is 9.53 Å². The summed E-state index contributed by atoms with van der Waals surface area (Å²) in [5.74, 6) is 0.906. The number of hydrogen-bond donors (Lipinski definition) is 0. The highest BCUT2D eigenvalue weighted by molar-refractivity contribution is 6.04. The fraction of sp³-hybridized carbons (Fsp3) is 0.391. The minimum Gasteiger partial charge on any atom is -0.497 e. The molecule has 0 saturated heterocycles. The summed E-state index contributed by atoms with van der Waals surface area (Å²) in [5, 5.41) is 6.38. The molecule has 4 heteroatoms. The van der Waals surface area contributed by atoms with Crippen molar-refractivity contribution in [3.63, 3.8) is 0 Å². The molecule has 0 aromatic heterocycles. The Morgan fingerprint density at radius 1 is 1.19 bits per heavy atom. The van der Waals surface area contributed by atoms with Gasteiger partial charge in [-0.1, -0.05) is 30.3 Å². The second-order valence-electron chi connectivity index (χ2n) is 7.82. The highest BCUT2D eigenvalue weighted by Gasteiger charge is 2.38. The summed E-state index contributed by atoms with van der Waals surface area (Å²) in [5.41, 5.74) is 4.05. The number of carbonyl (C=O) groups excluding carboxylic acids is 1. The van der Waals surface area contributed by atoms with Crippen molar-refractivity contribution in [2.45, 2.75) is 52.0 Å². The zero-order chi connectivity index (χ0) is 19.4. The van der Waals surface area contributed by atoms with E-state index in [9.17, 15) is 4.79 Å². The molecule has 2 aromatic carbocycles. The monoisotopic (exact) mass is 364 g/mol. The highest BCUT2D eigenvalue weighted by Crippen LogP contribution is 2.31. The molecule has 0 spiro atoms. The summed E-state index contributed by atoms with van der Waals surface area (Å²) in [6.45, 7) is 6.19. The van der Waals surface area contributed by atoms with Crippen molar-refractivity contribution in [2.24, 2.45) is 5.10 Å². The van der Waals surface area contributed by atoms with Crippen LogP contribution in [0.2, 0.25) is 0 Å². The summed E-state index contributed by atoms with van der Waals surface area (Å²) in [6, 6.07) is 16.4. The predicted octanol–water partition coefficient (Wildman–Crippen LogP) is 4.74. The van der Waals surface area contributed by atoms with Crippen LogP contribution < -0.4 is 4.74 Å². The Labute approximate surface area is 161 Å². The molecule has 0 radical (unpaired) electrons. The van der Waals surface area contributed by atoms with Crippen LogP contribution in [0, 0.1) is 6.92 Å². The van der Waals surface area contributed by atoms with Gasteiger partial charge in [0.25, 0.3) is 0 Å². The van der Waals surface area contributed by atoms with E-state index in [1.165, 1.54) is 5.56 Å². The second-order valence-corrected chi connectivity index (χ2v) is 7.82. The number of aryl methyl sites for hydroxylation is 2. The number of rotatable bonds is 6. The highest BCUT2D eigenvalue weighted by atomic mass is 16.5. The molecule has 1 aliphatic rings. The average Bonchev–Trinajstić information content (AvgIpc) is 2.97. The molecule has 1 amide bonds. The van der Waals surface area contributed by atoms with Crippen LogP contribution in [0.3, 0.4) is 0 Å². The van der Waals surface area contributed by atoms with Gasteiger partial charge in [-0.3, -0.25) is 4.79 Å². The van der Waals surface area contributed by atoms with Crippen LogP contribution in [0.5, 0.6) is 5.75 Å². The number of benzene rings is 2. The van der Waals surface area contributed by atoms with Crippen molar-refractivity contribution in [2.75, 3.05) is 7.11 Å². The minimum absolute atomic E-state index is 0.0885. The standard InChI is InChI=1S/C23H28N2O2/c1-17-13-19(15-20(14-17)27-4)21-16-23(2,3)25(24-21)22(26)12-8-11-18-9-6-5-7-10-18/h5-7,9-10,13-15H,8,11-12,16H2,1-4H3. The lowest BCUT2D eigenvalue weighted by Crippen LogP contribution is -2.40. The number of amides is 1. The van der Waals surface area contributed by atoms with Gasteiger partial charge in [0, 0.05) is 18.4 Å². The number of methoxy groups -OCH3 is 1. The van der Waals surface area contributed by atoms with Gasteiger partial charge in [-0.2, -0.15) is 5.10 Å². The average molecular weight is 364 g/mol. The van der Waals surface area contributed by atoms with E-state index >= 15 is 0 Å². The van der Waals surface area contributed by atoms with Crippen molar-refractivity contribution >= 4 is 11.6 Å². The van der Waals surface area contributed by atoms with Gasteiger partial charge in [-0.25, -0.2) is 5.01 Å². The third kappa shape index (κ3) is 4.57. The molecule has 0 fully saturated rings. The van der Waals surface area contributed by atoms with Gasteiger partial charge in [0.2, 0.25) is 5.91 Å². The molecular weight excluding hydrogens is 336 g/mol. The van der Waals surface area contributed by atoms with Crippen LogP contribution in [0.15, 0.2) is 53.6 Å². The van der Waals surface area contributed by atoms with Crippen LogP contribution >= 0.6 is 0 Å². The van der Waals surface area contributed by atoms with E-state index in [1.807, 2.05) is 37.3 Å². The van der Waals surface area contributed by atoms with E-state index in [0.717, 1.165) is 41.9 Å². The first-order valence-electron chi connectivity index (χ1n) is 9.49. The number of ether oxygens (including phenoxy) is 1. The van der Waals surface area contributed by atoms with Gasteiger partial charge in [0.15, 0.2) is 0 Å². The lowest BCUT2D eigenvalue weighted by Gasteiger charge is -2.28. The van der Waals surface area contributed by atoms with E-state index in [0.29, 0.717) is 6.42 Å². The van der Waals surface area contributed by atoms with Crippen molar-refractivity contribution in [3.8, 4) is 5.75 Å². The maximum absolute atomic E-state index is 12.8. The van der Waals surface area contributed by atoms with E-state index in [4.69, 9.17) is 9.84 Å². The maximum Gasteiger partial charge on any atom is 0.243 e. The number of carbonyl (C=O) groups is 1. The van der Waals surface area contributed by atoms with Crippen LogP contribution in [0.4, 0.5) is 0 Å². The third-order valence-corrected chi connectivity index (χ3v) is 4.95. The quantitative estimate of drug-likeness (QED) is 0.743. The van der Waals surface area contributed by atoms with Gasteiger partial charge >= 0.3 is 0 Å². The molecule has 0 aliphatic carbocycles. The minimum atomic E-state index is -0.309. The van der Waals surface area contributed by atoms with Crippen molar-refractivity contribution in [1.82, 2.24) is 5.01 Å². The van der Waals surface area contributed by atoms with E-state index < -0.39 is 0 Å². The molecule has 1 aliphatic heterocycles. The van der Waals surface area contributed by atoms with Crippen LogP contribution in [0.1, 0.15) is 49.8 Å². The topological polar surface area (TPSA) is 41.9 Å². The number of hydrazone groups is 1.